The molecule has 0 saturated carbocycles. The maximum Gasteiger partial charge on any atom is 0.355 e. The largest absolute Gasteiger partial charge is 0.464 e. The molecule has 0 spiro atoms. The molecule has 124 valence electrons. The summed E-state index contributed by atoms with van der Waals surface area (Å²) in [5, 5.41) is 0.527. The maximum atomic E-state index is 13.2. The van der Waals surface area contributed by atoms with Gasteiger partial charge in [-0.1, -0.05) is 30.3 Å². The number of esters is 1. The molecule has 0 bridgehead atoms. The Kier molecular flexibility index (Phi) is 3.93. The van der Waals surface area contributed by atoms with Gasteiger partial charge in [0.1, 0.15) is 10.6 Å². The zero-order valence-corrected chi connectivity index (χ0v) is 14.4. The minimum Gasteiger partial charge on any atom is -0.464 e. The Hall–Kier alpha value is -2.60. The predicted molar refractivity (Wildman–Crippen MR) is 91.0 cm³/mol. The average Bonchev–Trinajstić information content (AvgIpc) is 3.01. The van der Waals surface area contributed by atoms with E-state index in [0.29, 0.717) is 10.9 Å². The van der Waals surface area contributed by atoms with Gasteiger partial charge in [0.05, 0.1) is 17.5 Å². The SMILES string of the molecule is COC(=O)c1[nH]c2c(C)ccc(C)c2c1S(=O)(=O)c1ccccc1. The number of aromatic nitrogens is 1. The van der Waals surface area contributed by atoms with Crippen molar-refractivity contribution in [3.63, 3.8) is 0 Å². The number of aromatic amines is 1. The van der Waals surface area contributed by atoms with Crippen LogP contribution in [-0.4, -0.2) is 26.5 Å². The Morgan fingerprint density at radius 1 is 1.00 bits per heavy atom. The predicted octanol–water partition coefficient (Wildman–Crippen LogP) is 3.40. The van der Waals surface area contributed by atoms with Crippen molar-refractivity contribution in [1.29, 1.82) is 0 Å². The molecule has 0 saturated heterocycles. The van der Waals surface area contributed by atoms with Crippen molar-refractivity contribution < 1.29 is 17.9 Å². The van der Waals surface area contributed by atoms with Gasteiger partial charge in [-0.3, -0.25) is 0 Å². The van der Waals surface area contributed by atoms with Crippen molar-refractivity contribution in [2.24, 2.45) is 0 Å². The molecule has 3 aromatic rings. The van der Waals surface area contributed by atoms with Crippen LogP contribution in [0.1, 0.15) is 21.6 Å². The Balaban J connectivity index is 2.46. The van der Waals surface area contributed by atoms with Crippen molar-refractivity contribution in [3.05, 3.63) is 59.3 Å². The van der Waals surface area contributed by atoms with Crippen molar-refractivity contribution >= 4 is 26.7 Å². The molecule has 0 radical (unpaired) electrons. The van der Waals surface area contributed by atoms with E-state index >= 15 is 0 Å². The minimum atomic E-state index is -3.88. The first-order valence-electron chi connectivity index (χ1n) is 7.38. The highest BCUT2D eigenvalue weighted by molar-refractivity contribution is 7.91. The van der Waals surface area contributed by atoms with E-state index in [-0.39, 0.29) is 15.5 Å². The molecule has 1 aromatic heterocycles. The Morgan fingerprint density at radius 2 is 1.62 bits per heavy atom. The van der Waals surface area contributed by atoms with Crippen LogP contribution in [0.25, 0.3) is 10.9 Å². The molecule has 0 atom stereocenters. The topological polar surface area (TPSA) is 76.2 Å². The third-order valence-electron chi connectivity index (χ3n) is 4.04. The number of rotatable bonds is 3. The number of carbonyl (C=O) groups excluding carboxylic acids is 1. The van der Waals surface area contributed by atoms with Crippen molar-refractivity contribution in [1.82, 2.24) is 4.98 Å². The van der Waals surface area contributed by atoms with Gasteiger partial charge in [-0.05, 0) is 37.1 Å². The molecule has 0 unspecified atom stereocenters. The lowest BCUT2D eigenvalue weighted by atomic mass is 10.1. The average molecular weight is 343 g/mol. The number of hydrogen-bond acceptors (Lipinski definition) is 4. The zero-order valence-electron chi connectivity index (χ0n) is 13.6. The number of ether oxygens (including phenoxy) is 1. The van der Waals surface area contributed by atoms with E-state index in [1.165, 1.54) is 19.2 Å². The lowest BCUT2D eigenvalue weighted by molar-refractivity contribution is 0.0590. The number of fused-ring (bicyclic) bond motifs is 1. The lowest BCUT2D eigenvalue weighted by Crippen LogP contribution is -2.10. The first kappa shape index (κ1) is 16.3. The van der Waals surface area contributed by atoms with Gasteiger partial charge < -0.3 is 9.72 Å². The Morgan fingerprint density at radius 3 is 2.25 bits per heavy atom. The lowest BCUT2D eigenvalue weighted by Gasteiger charge is -2.07. The summed E-state index contributed by atoms with van der Waals surface area (Å²) in [6.45, 7) is 3.68. The smallest absolute Gasteiger partial charge is 0.355 e. The third kappa shape index (κ3) is 2.39. The summed E-state index contributed by atoms with van der Waals surface area (Å²) in [6, 6.07) is 11.8. The maximum absolute atomic E-state index is 13.2. The van der Waals surface area contributed by atoms with Crippen molar-refractivity contribution in [2.45, 2.75) is 23.6 Å². The number of sulfone groups is 1. The van der Waals surface area contributed by atoms with Gasteiger partial charge >= 0.3 is 5.97 Å². The van der Waals surface area contributed by atoms with Gasteiger partial charge in [0.15, 0.2) is 0 Å². The van der Waals surface area contributed by atoms with Crippen LogP contribution in [0.2, 0.25) is 0 Å². The third-order valence-corrected chi connectivity index (χ3v) is 5.88. The Bertz CT molecular complexity index is 1030. The van der Waals surface area contributed by atoms with E-state index in [2.05, 4.69) is 4.98 Å². The van der Waals surface area contributed by atoms with Gasteiger partial charge in [0, 0.05) is 5.39 Å². The van der Waals surface area contributed by atoms with E-state index in [1.807, 2.05) is 26.0 Å². The van der Waals surface area contributed by atoms with Gasteiger partial charge in [-0.25, -0.2) is 13.2 Å². The van der Waals surface area contributed by atoms with Gasteiger partial charge in [0.25, 0.3) is 0 Å². The molecule has 6 heteroatoms. The van der Waals surface area contributed by atoms with Gasteiger partial charge in [-0.2, -0.15) is 0 Å². The first-order valence-corrected chi connectivity index (χ1v) is 8.86. The highest BCUT2D eigenvalue weighted by Crippen LogP contribution is 2.35. The fraction of sp³-hybridized carbons (Fsp3) is 0.167. The second kappa shape index (κ2) is 5.79. The molecule has 0 aliphatic rings. The summed E-state index contributed by atoms with van der Waals surface area (Å²) in [5.74, 6) is -0.709. The second-order valence-electron chi connectivity index (χ2n) is 5.59. The number of carbonyl (C=O) groups is 1. The second-order valence-corrected chi connectivity index (χ2v) is 7.47. The summed E-state index contributed by atoms with van der Waals surface area (Å²) in [6.07, 6.45) is 0. The van der Waals surface area contributed by atoms with E-state index in [0.717, 1.165) is 11.1 Å². The molecule has 0 amide bonds. The number of hydrogen-bond donors (Lipinski definition) is 1. The molecule has 3 rings (SSSR count). The number of H-pyrrole nitrogens is 1. The molecule has 1 N–H and O–H groups in total. The quantitative estimate of drug-likeness (QED) is 0.740. The summed E-state index contributed by atoms with van der Waals surface area (Å²) >= 11 is 0. The van der Waals surface area contributed by atoms with E-state index in [4.69, 9.17) is 4.74 Å². The van der Waals surface area contributed by atoms with Gasteiger partial charge in [-0.15, -0.1) is 0 Å². The highest BCUT2D eigenvalue weighted by Gasteiger charge is 2.31. The Labute approximate surface area is 140 Å². The number of methoxy groups -OCH3 is 1. The van der Waals surface area contributed by atoms with Crippen molar-refractivity contribution in [3.8, 4) is 0 Å². The van der Waals surface area contributed by atoms with Crippen LogP contribution in [0, 0.1) is 13.8 Å². The van der Waals surface area contributed by atoms with E-state index in [9.17, 15) is 13.2 Å². The van der Waals surface area contributed by atoms with Crippen LogP contribution in [0.4, 0.5) is 0 Å². The first-order chi connectivity index (χ1) is 11.4. The summed E-state index contributed by atoms with van der Waals surface area (Å²) in [5.41, 5.74) is 2.21. The fourth-order valence-corrected chi connectivity index (χ4v) is 4.49. The standard InChI is InChI=1S/C18H17NO4S/c1-11-9-10-12(2)15-14(11)17(16(19-15)18(20)23-3)24(21,22)13-7-5-4-6-8-13/h4-10,19H,1-3H3. The summed E-state index contributed by atoms with van der Waals surface area (Å²) < 4.78 is 31.2. The summed E-state index contributed by atoms with van der Waals surface area (Å²) in [4.78, 5) is 15.2. The van der Waals surface area contributed by atoms with Crippen LogP contribution >= 0.6 is 0 Å². The fourth-order valence-electron chi connectivity index (χ4n) is 2.80. The van der Waals surface area contributed by atoms with Crippen LogP contribution < -0.4 is 0 Å². The summed E-state index contributed by atoms with van der Waals surface area (Å²) in [7, 11) is -2.65. The molecule has 0 fully saturated rings. The zero-order chi connectivity index (χ0) is 17.5. The van der Waals surface area contributed by atoms with Crippen LogP contribution in [0.5, 0.6) is 0 Å². The van der Waals surface area contributed by atoms with Crippen LogP contribution in [0.3, 0.4) is 0 Å². The molecular weight excluding hydrogens is 326 g/mol. The molecule has 5 nitrogen and oxygen atoms in total. The van der Waals surface area contributed by atoms with Crippen molar-refractivity contribution in [2.75, 3.05) is 7.11 Å². The molecule has 24 heavy (non-hydrogen) atoms. The molecule has 1 heterocycles. The molecule has 0 aliphatic heterocycles. The van der Waals surface area contributed by atoms with E-state index in [1.54, 1.807) is 18.2 Å². The van der Waals surface area contributed by atoms with Crippen LogP contribution in [0.15, 0.2) is 52.3 Å². The number of aryl methyl sites for hydroxylation is 2. The van der Waals surface area contributed by atoms with Gasteiger partial charge in [0.2, 0.25) is 9.84 Å². The minimum absolute atomic E-state index is 0.0308. The van der Waals surface area contributed by atoms with Crippen LogP contribution in [-0.2, 0) is 14.6 Å². The number of nitrogens with one attached hydrogen (secondary N) is 1. The monoisotopic (exact) mass is 343 g/mol. The molecular formula is C18H17NO4S. The van der Waals surface area contributed by atoms with E-state index < -0.39 is 15.8 Å². The highest BCUT2D eigenvalue weighted by atomic mass is 32.2. The number of benzene rings is 2. The molecule has 2 aromatic carbocycles. The molecule has 0 aliphatic carbocycles. The normalized spacial score (nSPS) is 11.6.